The lowest BCUT2D eigenvalue weighted by Gasteiger charge is -2.60. The summed E-state index contributed by atoms with van der Waals surface area (Å²) in [6.07, 6.45) is 1.98. The maximum absolute atomic E-state index is 12.8. The minimum atomic E-state index is -0.664. The van der Waals surface area contributed by atoms with Crippen molar-refractivity contribution in [2.24, 2.45) is 16.6 Å². The number of nitrogens with two attached hydrogens (primary N) is 1. The molecule has 16 heavy (non-hydrogen) atoms. The van der Waals surface area contributed by atoms with E-state index in [2.05, 4.69) is 0 Å². The van der Waals surface area contributed by atoms with Crippen LogP contribution in [0.2, 0.25) is 0 Å². The predicted octanol–water partition coefficient (Wildman–Crippen LogP) is 1.83. The van der Waals surface area contributed by atoms with Crippen LogP contribution in [0.3, 0.4) is 0 Å². The van der Waals surface area contributed by atoms with Gasteiger partial charge in [-0.1, -0.05) is 0 Å². The maximum atomic E-state index is 12.8. The third-order valence-corrected chi connectivity index (χ3v) is 3.83. The molecule has 2 fully saturated rings. The van der Waals surface area contributed by atoms with Crippen molar-refractivity contribution < 1.29 is 13.9 Å². The highest BCUT2D eigenvalue weighted by Gasteiger charge is 2.63. The fourth-order valence-corrected chi connectivity index (χ4v) is 3.21. The molecular weight excluding hydrogens is 233 g/mol. The number of hydrogen-bond acceptors (Lipinski definition) is 3. The molecule has 0 aromatic carbocycles. The number of esters is 1. The molecule has 2 N–H and O–H groups in total. The number of carbonyl (C=O) groups excluding carboxylic acids is 1. The molecule has 0 saturated heterocycles. The molecule has 3 nitrogen and oxygen atoms in total. The number of halogens is 2. The van der Waals surface area contributed by atoms with E-state index in [4.69, 9.17) is 10.5 Å². The minimum Gasteiger partial charge on any atom is -0.466 e. The first-order chi connectivity index (χ1) is 7.06. The van der Waals surface area contributed by atoms with E-state index >= 15 is 0 Å². The number of ether oxygens (including phenoxy) is 1. The van der Waals surface area contributed by atoms with Crippen LogP contribution >= 0.6 is 12.4 Å². The smallest absolute Gasteiger partial charge is 0.313 e. The first-order valence-electron chi connectivity index (χ1n) is 5.57. The molecule has 0 atom stereocenters. The molecule has 0 unspecified atom stereocenters. The molecule has 0 aromatic heterocycles. The molecule has 1 spiro atoms. The molecule has 0 heterocycles. The fraction of sp³-hybridized carbons (Fsp3) is 0.909. The number of hydrogen-bond donors (Lipinski definition) is 1. The lowest BCUT2D eigenvalue weighted by molar-refractivity contribution is -0.185. The molecule has 2 saturated carbocycles. The van der Waals surface area contributed by atoms with Gasteiger partial charge in [-0.15, -0.1) is 12.4 Å². The Morgan fingerprint density at radius 1 is 1.50 bits per heavy atom. The zero-order valence-corrected chi connectivity index (χ0v) is 10.3. The van der Waals surface area contributed by atoms with E-state index in [1.54, 1.807) is 6.92 Å². The monoisotopic (exact) mass is 251 g/mol. The summed E-state index contributed by atoms with van der Waals surface area (Å²) >= 11 is 0. The van der Waals surface area contributed by atoms with E-state index in [0.717, 1.165) is 12.8 Å². The standard InChI is InChI=1S/C11H18FNO2.ClH/c1-2-15-9(14)11(7-13)5-10(6-11)3-8(12)4-10;/h8H,2-7,13H2,1H3;1H. The molecule has 5 heteroatoms. The quantitative estimate of drug-likeness (QED) is 0.779. The Bertz CT molecular complexity index is 271. The van der Waals surface area contributed by atoms with E-state index < -0.39 is 11.6 Å². The summed E-state index contributed by atoms with van der Waals surface area (Å²) in [6.45, 7) is 2.50. The average molecular weight is 252 g/mol. The van der Waals surface area contributed by atoms with E-state index in [1.807, 2.05) is 0 Å². The van der Waals surface area contributed by atoms with Crippen LogP contribution in [0.15, 0.2) is 0 Å². The van der Waals surface area contributed by atoms with Gasteiger partial charge >= 0.3 is 5.97 Å². The summed E-state index contributed by atoms with van der Waals surface area (Å²) in [7, 11) is 0. The van der Waals surface area contributed by atoms with Crippen molar-refractivity contribution >= 4 is 18.4 Å². The molecule has 0 aliphatic heterocycles. The summed E-state index contributed by atoms with van der Waals surface area (Å²) in [5, 5.41) is 0. The minimum absolute atomic E-state index is 0. The SMILES string of the molecule is CCOC(=O)C1(CN)CC2(CC(F)C2)C1.Cl. The lowest BCUT2D eigenvalue weighted by Crippen LogP contribution is -2.60. The van der Waals surface area contributed by atoms with E-state index in [0.29, 0.717) is 26.0 Å². The van der Waals surface area contributed by atoms with Gasteiger partial charge in [-0.05, 0) is 38.0 Å². The van der Waals surface area contributed by atoms with Gasteiger partial charge in [0.2, 0.25) is 0 Å². The summed E-state index contributed by atoms with van der Waals surface area (Å²) in [4.78, 5) is 11.7. The summed E-state index contributed by atoms with van der Waals surface area (Å²) in [6, 6.07) is 0. The molecule has 94 valence electrons. The highest BCUT2D eigenvalue weighted by molar-refractivity contribution is 5.85. The molecule has 0 aromatic rings. The Morgan fingerprint density at radius 2 is 2.06 bits per heavy atom. The van der Waals surface area contributed by atoms with Gasteiger partial charge in [-0.2, -0.15) is 0 Å². The zero-order chi connectivity index (χ0) is 11.1. The highest BCUT2D eigenvalue weighted by Crippen LogP contribution is 2.65. The van der Waals surface area contributed by atoms with Crippen LogP contribution < -0.4 is 5.73 Å². The lowest BCUT2D eigenvalue weighted by atomic mass is 9.44. The number of rotatable bonds is 3. The van der Waals surface area contributed by atoms with Crippen molar-refractivity contribution in [1.82, 2.24) is 0 Å². The second kappa shape index (κ2) is 4.49. The average Bonchev–Trinajstić information content (AvgIpc) is 2.09. The second-order valence-corrected chi connectivity index (χ2v) is 5.06. The van der Waals surface area contributed by atoms with Gasteiger partial charge in [0.05, 0.1) is 12.0 Å². The third-order valence-electron chi connectivity index (χ3n) is 3.83. The maximum Gasteiger partial charge on any atom is 0.313 e. The van der Waals surface area contributed by atoms with Crippen LogP contribution in [-0.4, -0.2) is 25.3 Å². The first-order valence-corrected chi connectivity index (χ1v) is 5.57. The third kappa shape index (κ3) is 1.93. The van der Waals surface area contributed by atoms with Gasteiger partial charge in [0.25, 0.3) is 0 Å². The first kappa shape index (κ1) is 13.7. The van der Waals surface area contributed by atoms with Gasteiger partial charge in [-0.3, -0.25) is 4.79 Å². The van der Waals surface area contributed by atoms with Crippen molar-refractivity contribution in [3.8, 4) is 0 Å². The van der Waals surface area contributed by atoms with Crippen LogP contribution in [0.25, 0.3) is 0 Å². The van der Waals surface area contributed by atoms with Gasteiger partial charge in [0.15, 0.2) is 0 Å². The van der Waals surface area contributed by atoms with E-state index in [1.165, 1.54) is 0 Å². The molecule has 0 amide bonds. The summed E-state index contributed by atoms with van der Waals surface area (Å²) < 4.78 is 17.8. The molecule has 0 radical (unpaired) electrons. The van der Waals surface area contributed by atoms with Crippen molar-refractivity contribution in [3.63, 3.8) is 0 Å². The van der Waals surface area contributed by atoms with Gasteiger partial charge in [0, 0.05) is 6.54 Å². The molecular formula is C11H19ClFNO2. The van der Waals surface area contributed by atoms with Crippen LogP contribution in [0.4, 0.5) is 4.39 Å². The largest absolute Gasteiger partial charge is 0.466 e. The fourth-order valence-electron chi connectivity index (χ4n) is 3.21. The normalized spacial score (nSPS) is 40.6. The highest BCUT2D eigenvalue weighted by atomic mass is 35.5. The van der Waals surface area contributed by atoms with Crippen molar-refractivity contribution in [2.45, 2.75) is 38.8 Å². The Balaban J connectivity index is 0.00000128. The number of carbonyl (C=O) groups is 1. The van der Waals surface area contributed by atoms with E-state index in [9.17, 15) is 9.18 Å². The van der Waals surface area contributed by atoms with Crippen LogP contribution in [-0.2, 0) is 9.53 Å². The Labute approximate surface area is 101 Å². The van der Waals surface area contributed by atoms with Gasteiger partial charge < -0.3 is 10.5 Å². The molecule has 2 rings (SSSR count). The van der Waals surface area contributed by atoms with Crippen LogP contribution in [0.1, 0.15) is 32.6 Å². The predicted molar refractivity (Wildman–Crippen MR) is 61.2 cm³/mol. The molecule has 2 aliphatic carbocycles. The molecule has 0 bridgehead atoms. The van der Waals surface area contributed by atoms with E-state index in [-0.39, 0.29) is 23.8 Å². The van der Waals surface area contributed by atoms with Crippen LogP contribution in [0.5, 0.6) is 0 Å². The molecule has 2 aliphatic rings. The number of alkyl halides is 1. The topological polar surface area (TPSA) is 52.3 Å². The second-order valence-electron chi connectivity index (χ2n) is 5.06. The van der Waals surface area contributed by atoms with Crippen LogP contribution in [0, 0.1) is 10.8 Å². The Morgan fingerprint density at radius 3 is 2.44 bits per heavy atom. The Kier molecular flexibility index (Phi) is 3.85. The zero-order valence-electron chi connectivity index (χ0n) is 9.50. The van der Waals surface area contributed by atoms with Crippen molar-refractivity contribution in [2.75, 3.05) is 13.2 Å². The van der Waals surface area contributed by atoms with Crippen molar-refractivity contribution in [1.29, 1.82) is 0 Å². The summed E-state index contributed by atoms with van der Waals surface area (Å²) in [5.74, 6) is -0.194. The Hall–Kier alpha value is -0.350. The van der Waals surface area contributed by atoms with Gasteiger partial charge in [-0.25, -0.2) is 4.39 Å². The van der Waals surface area contributed by atoms with Gasteiger partial charge in [0.1, 0.15) is 6.17 Å². The summed E-state index contributed by atoms with van der Waals surface area (Å²) in [5.41, 5.74) is 5.21. The van der Waals surface area contributed by atoms with Crippen molar-refractivity contribution in [3.05, 3.63) is 0 Å².